The molecule has 0 saturated carbocycles. The summed E-state index contributed by atoms with van der Waals surface area (Å²) in [6.07, 6.45) is 1.27. The summed E-state index contributed by atoms with van der Waals surface area (Å²) in [5.74, 6) is 0. The van der Waals surface area contributed by atoms with Crippen molar-refractivity contribution in [2.24, 2.45) is 0 Å². The Labute approximate surface area is 84.2 Å². The van der Waals surface area contributed by atoms with Crippen LogP contribution in [0, 0.1) is 6.92 Å². The number of hydrogen-bond donors (Lipinski definition) is 1. The second kappa shape index (κ2) is 3.10. The number of rotatable bonds is 1. The van der Waals surface area contributed by atoms with E-state index in [1.54, 1.807) is 4.88 Å². The Hall–Kier alpha value is -0.340. The molecule has 1 aromatic heterocycles. The largest absolute Gasteiger partial charge is 0.313 e. The summed E-state index contributed by atoms with van der Waals surface area (Å²) < 4.78 is 0. The van der Waals surface area contributed by atoms with Crippen LogP contribution in [-0.4, -0.2) is 12.6 Å². The minimum absolute atomic E-state index is 0.374. The predicted octanol–water partition coefficient (Wildman–Crippen LogP) is 2.70. The number of thiophene rings is 1. The maximum Gasteiger partial charge on any atom is 0.0181 e. The molecule has 1 saturated heterocycles. The van der Waals surface area contributed by atoms with Crippen LogP contribution in [0.4, 0.5) is 0 Å². The van der Waals surface area contributed by atoms with Crippen molar-refractivity contribution >= 4 is 11.3 Å². The normalized spacial score (nSPS) is 33.9. The van der Waals surface area contributed by atoms with Gasteiger partial charge in [-0.15, -0.1) is 11.3 Å². The minimum atomic E-state index is 0.374. The van der Waals surface area contributed by atoms with Crippen molar-refractivity contribution in [2.75, 3.05) is 6.54 Å². The van der Waals surface area contributed by atoms with Crippen LogP contribution < -0.4 is 5.32 Å². The molecule has 1 nitrogen and oxygen atoms in total. The van der Waals surface area contributed by atoms with Gasteiger partial charge in [-0.05, 0) is 38.9 Å². The number of aryl methyl sites for hydroxylation is 1. The van der Waals surface area contributed by atoms with Crippen LogP contribution in [0.2, 0.25) is 0 Å². The van der Waals surface area contributed by atoms with Gasteiger partial charge in [-0.1, -0.05) is 6.92 Å². The third-order valence-corrected chi connectivity index (χ3v) is 4.63. The molecule has 2 unspecified atom stereocenters. The zero-order valence-electron chi connectivity index (χ0n) is 8.55. The van der Waals surface area contributed by atoms with Gasteiger partial charge in [-0.2, -0.15) is 0 Å². The van der Waals surface area contributed by atoms with E-state index in [1.165, 1.54) is 11.3 Å². The third kappa shape index (κ3) is 1.42. The number of hydrogen-bond acceptors (Lipinski definition) is 2. The van der Waals surface area contributed by atoms with Gasteiger partial charge in [-0.25, -0.2) is 0 Å². The van der Waals surface area contributed by atoms with Crippen molar-refractivity contribution in [1.82, 2.24) is 5.32 Å². The highest BCUT2D eigenvalue weighted by Crippen LogP contribution is 2.38. The Bertz CT molecular complexity index is 305. The second-order valence-electron chi connectivity index (χ2n) is 4.25. The summed E-state index contributed by atoms with van der Waals surface area (Å²) in [6.45, 7) is 8.02. The lowest BCUT2D eigenvalue weighted by Crippen LogP contribution is -2.34. The second-order valence-corrected chi connectivity index (χ2v) is 5.54. The van der Waals surface area contributed by atoms with Crippen LogP contribution in [0.5, 0.6) is 0 Å². The maximum atomic E-state index is 3.52. The fourth-order valence-corrected chi connectivity index (χ4v) is 3.20. The van der Waals surface area contributed by atoms with Gasteiger partial charge in [0.1, 0.15) is 0 Å². The Kier molecular flexibility index (Phi) is 2.20. The molecule has 1 N–H and O–H groups in total. The summed E-state index contributed by atoms with van der Waals surface area (Å²) in [4.78, 5) is 2.97. The lowest BCUT2D eigenvalue weighted by atomic mass is 9.82. The van der Waals surface area contributed by atoms with Gasteiger partial charge in [0.2, 0.25) is 0 Å². The predicted molar refractivity (Wildman–Crippen MR) is 58.5 cm³/mol. The Morgan fingerprint density at radius 1 is 1.54 bits per heavy atom. The molecule has 2 heterocycles. The van der Waals surface area contributed by atoms with Crippen molar-refractivity contribution in [3.8, 4) is 0 Å². The Morgan fingerprint density at radius 3 is 2.77 bits per heavy atom. The highest BCUT2D eigenvalue weighted by molar-refractivity contribution is 7.12. The molecule has 0 aromatic carbocycles. The summed E-state index contributed by atoms with van der Waals surface area (Å²) in [5.41, 5.74) is 0.374. The van der Waals surface area contributed by atoms with Crippen molar-refractivity contribution in [2.45, 2.75) is 38.6 Å². The molecule has 1 aromatic rings. The van der Waals surface area contributed by atoms with Crippen molar-refractivity contribution < 1.29 is 0 Å². The van der Waals surface area contributed by atoms with Crippen LogP contribution >= 0.6 is 11.3 Å². The summed E-state index contributed by atoms with van der Waals surface area (Å²) in [7, 11) is 0. The fraction of sp³-hybridized carbons (Fsp3) is 0.636. The average Bonchev–Trinajstić information content (AvgIpc) is 2.62. The molecule has 2 heteroatoms. The van der Waals surface area contributed by atoms with E-state index in [9.17, 15) is 0 Å². The zero-order chi connectivity index (χ0) is 9.47. The summed E-state index contributed by atoms with van der Waals surface area (Å²) >= 11 is 1.95. The first kappa shape index (κ1) is 9.22. The third-order valence-electron chi connectivity index (χ3n) is 3.35. The smallest absolute Gasteiger partial charge is 0.0181 e. The van der Waals surface area contributed by atoms with Crippen molar-refractivity contribution in [3.63, 3.8) is 0 Å². The van der Waals surface area contributed by atoms with Gasteiger partial charge in [0.15, 0.2) is 0 Å². The van der Waals surface area contributed by atoms with E-state index in [2.05, 4.69) is 38.2 Å². The molecule has 72 valence electrons. The Balaban J connectivity index is 2.33. The van der Waals surface area contributed by atoms with Gasteiger partial charge in [0.25, 0.3) is 0 Å². The van der Waals surface area contributed by atoms with Crippen LogP contribution in [-0.2, 0) is 5.41 Å². The molecule has 0 radical (unpaired) electrons. The lowest BCUT2D eigenvalue weighted by Gasteiger charge is -2.27. The van der Waals surface area contributed by atoms with Crippen LogP contribution in [0.1, 0.15) is 30.0 Å². The molecule has 1 aliphatic heterocycles. The van der Waals surface area contributed by atoms with Crippen LogP contribution in [0.3, 0.4) is 0 Å². The van der Waals surface area contributed by atoms with E-state index >= 15 is 0 Å². The minimum Gasteiger partial charge on any atom is -0.313 e. The maximum absolute atomic E-state index is 3.52. The Morgan fingerprint density at radius 2 is 2.31 bits per heavy atom. The number of nitrogens with one attached hydrogen (secondary N) is 1. The first-order valence-electron chi connectivity index (χ1n) is 4.93. The van der Waals surface area contributed by atoms with E-state index in [0.29, 0.717) is 11.5 Å². The van der Waals surface area contributed by atoms with Gasteiger partial charge in [0.05, 0.1) is 0 Å². The standard InChI is InChI=1S/C11H17NS/c1-8-4-5-10(13-8)11(3)6-7-12-9(11)2/h4-5,9,12H,6-7H2,1-3H3. The molecule has 2 rings (SSSR count). The molecule has 13 heavy (non-hydrogen) atoms. The molecular weight excluding hydrogens is 178 g/mol. The fourth-order valence-electron chi connectivity index (χ4n) is 2.07. The van der Waals surface area contributed by atoms with Crippen LogP contribution in [0.25, 0.3) is 0 Å². The molecule has 1 aliphatic rings. The van der Waals surface area contributed by atoms with Gasteiger partial charge >= 0.3 is 0 Å². The molecule has 1 fully saturated rings. The summed E-state index contributed by atoms with van der Waals surface area (Å²) in [6, 6.07) is 5.14. The molecular formula is C11H17NS. The first-order valence-corrected chi connectivity index (χ1v) is 5.75. The van der Waals surface area contributed by atoms with E-state index in [1.807, 2.05) is 11.3 Å². The quantitative estimate of drug-likeness (QED) is 0.726. The van der Waals surface area contributed by atoms with E-state index in [-0.39, 0.29) is 0 Å². The van der Waals surface area contributed by atoms with Crippen molar-refractivity contribution in [1.29, 1.82) is 0 Å². The lowest BCUT2D eigenvalue weighted by molar-refractivity contribution is 0.435. The van der Waals surface area contributed by atoms with Gasteiger partial charge < -0.3 is 5.32 Å². The highest BCUT2D eigenvalue weighted by atomic mass is 32.1. The molecule has 0 spiro atoms. The van der Waals surface area contributed by atoms with Gasteiger partial charge in [-0.3, -0.25) is 0 Å². The first-order chi connectivity index (χ1) is 6.13. The SMILES string of the molecule is Cc1ccc(C2(C)CCNC2C)s1. The molecule has 0 bridgehead atoms. The highest BCUT2D eigenvalue weighted by Gasteiger charge is 2.37. The van der Waals surface area contributed by atoms with Gasteiger partial charge in [0, 0.05) is 21.2 Å². The zero-order valence-corrected chi connectivity index (χ0v) is 9.37. The van der Waals surface area contributed by atoms with E-state index in [4.69, 9.17) is 0 Å². The van der Waals surface area contributed by atoms with Crippen molar-refractivity contribution in [3.05, 3.63) is 21.9 Å². The monoisotopic (exact) mass is 195 g/mol. The van der Waals surface area contributed by atoms with E-state index < -0.39 is 0 Å². The molecule has 2 atom stereocenters. The van der Waals surface area contributed by atoms with Crippen LogP contribution in [0.15, 0.2) is 12.1 Å². The summed E-state index contributed by atoms with van der Waals surface area (Å²) in [5, 5.41) is 3.52. The topological polar surface area (TPSA) is 12.0 Å². The molecule has 0 aliphatic carbocycles. The van der Waals surface area contributed by atoms with E-state index in [0.717, 1.165) is 6.54 Å². The average molecular weight is 195 g/mol. The molecule has 0 amide bonds.